The van der Waals surface area contributed by atoms with Crippen LogP contribution in [0.2, 0.25) is 0 Å². The number of anilines is 1. The molecule has 0 spiro atoms. The lowest BCUT2D eigenvalue weighted by Gasteiger charge is -2.23. The van der Waals surface area contributed by atoms with Gasteiger partial charge in [-0.1, -0.05) is 19.3 Å². The molecule has 0 bridgehead atoms. The van der Waals surface area contributed by atoms with Gasteiger partial charge in [0.15, 0.2) is 0 Å². The van der Waals surface area contributed by atoms with Gasteiger partial charge < -0.3 is 10.2 Å². The van der Waals surface area contributed by atoms with E-state index in [2.05, 4.69) is 34.0 Å². The summed E-state index contributed by atoms with van der Waals surface area (Å²) in [4.78, 5) is 22.7. The van der Waals surface area contributed by atoms with Crippen LogP contribution >= 0.6 is 0 Å². The monoisotopic (exact) mass is 276 g/mol. The average molecular weight is 276 g/mol. The van der Waals surface area contributed by atoms with E-state index in [1.807, 2.05) is 0 Å². The van der Waals surface area contributed by atoms with E-state index < -0.39 is 0 Å². The second-order valence-corrected chi connectivity index (χ2v) is 5.24. The Morgan fingerprint density at radius 2 is 1.95 bits per heavy atom. The molecule has 0 atom stereocenters. The molecular formula is C15H24N4O. The molecule has 1 N–H and O–H groups in total. The molecule has 1 heterocycles. The van der Waals surface area contributed by atoms with Crippen LogP contribution < -0.4 is 10.2 Å². The number of nitrogens with one attached hydrogen (secondary N) is 1. The lowest BCUT2D eigenvalue weighted by Crippen LogP contribution is -2.36. The summed E-state index contributed by atoms with van der Waals surface area (Å²) in [5.74, 6) is 0.742. The third-order valence-electron chi connectivity index (χ3n) is 3.91. The number of carbonyl (C=O) groups is 1. The Morgan fingerprint density at radius 1 is 1.25 bits per heavy atom. The zero-order chi connectivity index (χ0) is 14.4. The Kier molecular flexibility index (Phi) is 5.32. The molecule has 0 radical (unpaired) electrons. The molecule has 110 valence electrons. The van der Waals surface area contributed by atoms with Crippen LogP contribution in [0.3, 0.4) is 0 Å². The first-order chi connectivity index (χ1) is 9.74. The fraction of sp³-hybridized carbons (Fsp3) is 0.667. The molecule has 0 aliphatic heterocycles. The Balaban J connectivity index is 2.03. The molecule has 5 nitrogen and oxygen atoms in total. The van der Waals surface area contributed by atoms with Gasteiger partial charge in [-0.25, -0.2) is 9.97 Å². The maximum Gasteiger partial charge on any atom is 0.270 e. The van der Waals surface area contributed by atoms with Crippen molar-refractivity contribution in [2.75, 3.05) is 18.0 Å². The Bertz CT molecular complexity index is 439. The van der Waals surface area contributed by atoms with E-state index in [-0.39, 0.29) is 5.91 Å². The summed E-state index contributed by atoms with van der Waals surface area (Å²) in [7, 11) is 0. The summed E-state index contributed by atoms with van der Waals surface area (Å²) in [6, 6.07) is 2.09. The summed E-state index contributed by atoms with van der Waals surface area (Å²) in [6.07, 6.45) is 7.34. The van der Waals surface area contributed by atoms with E-state index in [9.17, 15) is 4.79 Å². The highest BCUT2D eigenvalue weighted by Crippen LogP contribution is 2.18. The smallest absolute Gasteiger partial charge is 0.270 e. The largest absolute Gasteiger partial charge is 0.357 e. The van der Waals surface area contributed by atoms with Crippen molar-refractivity contribution in [2.45, 2.75) is 52.0 Å². The van der Waals surface area contributed by atoms with Crippen LogP contribution in [0.4, 0.5) is 5.82 Å². The van der Waals surface area contributed by atoms with Gasteiger partial charge >= 0.3 is 0 Å². The second-order valence-electron chi connectivity index (χ2n) is 5.24. The minimum absolute atomic E-state index is 0.0762. The highest BCUT2D eigenvalue weighted by molar-refractivity contribution is 5.93. The lowest BCUT2D eigenvalue weighted by molar-refractivity contribution is 0.0922. The second kappa shape index (κ2) is 7.22. The van der Waals surface area contributed by atoms with Crippen LogP contribution in [0.25, 0.3) is 0 Å². The van der Waals surface area contributed by atoms with Gasteiger partial charge in [0.05, 0.1) is 0 Å². The zero-order valence-electron chi connectivity index (χ0n) is 12.4. The molecular weight excluding hydrogens is 252 g/mol. The fourth-order valence-corrected chi connectivity index (χ4v) is 2.70. The van der Waals surface area contributed by atoms with Gasteiger partial charge in [0, 0.05) is 25.2 Å². The first-order valence-corrected chi connectivity index (χ1v) is 7.62. The van der Waals surface area contributed by atoms with E-state index in [1.54, 1.807) is 6.07 Å². The van der Waals surface area contributed by atoms with E-state index in [1.165, 1.54) is 25.6 Å². The van der Waals surface area contributed by atoms with Gasteiger partial charge in [-0.05, 0) is 26.7 Å². The average Bonchev–Trinajstić information content (AvgIpc) is 2.50. The molecule has 1 fully saturated rings. The molecule has 0 saturated heterocycles. The Hall–Kier alpha value is -1.65. The number of carbonyl (C=O) groups excluding carboxylic acids is 1. The molecule has 20 heavy (non-hydrogen) atoms. The van der Waals surface area contributed by atoms with E-state index in [4.69, 9.17) is 0 Å². The number of rotatable bonds is 5. The molecule has 2 rings (SSSR count). The molecule has 0 unspecified atom stereocenters. The number of hydrogen-bond donors (Lipinski definition) is 1. The maximum atomic E-state index is 12.2. The SMILES string of the molecule is CCN(CC)c1cc(C(=O)NC2CCCCC2)ncn1. The summed E-state index contributed by atoms with van der Waals surface area (Å²) < 4.78 is 0. The standard InChI is InChI=1S/C15H24N4O/c1-3-19(4-2)14-10-13(16-11-17-14)15(20)18-12-8-6-5-7-9-12/h10-12H,3-9H2,1-2H3,(H,18,20). The number of aromatic nitrogens is 2. The third kappa shape index (κ3) is 3.68. The molecule has 1 saturated carbocycles. The van der Waals surface area contributed by atoms with Crippen molar-refractivity contribution in [1.82, 2.24) is 15.3 Å². The summed E-state index contributed by atoms with van der Waals surface area (Å²) in [5.41, 5.74) is 0.465. The molecule has 1 aromatic rings. The lowest BCUT2D eigenvalue weighted by atomic mass is 9.95. The van der Waals surface area contributed by atoms with Crippen LogP contribution in [-0.4, -0.2) is 35.0 Å². The summed E-state index contributed by atoms with van der Waals surface area (Å²) >= 11 is 0. The predicted molar refractivity (Wildman–Crippen MR) is 79.9 cm³/mol. The van der Waals surface area contributed by atoms with Gasteiger partial charge in [-0.15, -0.1) is 0 Å². The Labute approximate surface area is 120 Å². The van der Waals surface area contributed by atoms with Crippen LogP contribution in [-0.2, 0) is 0 Å². The van der Waals surface area contributed by atoms with Gasteiger partial charge in [0.25, 0.3) is 5.91 Å². The zero-order valence-corrected chi connectivity index (χ0v) is 12.4. The first kappa shape index (κ1) is 14.8. The number of nitrogens with zero attached hydrogens (tertiary/aromatic N) is 3. The molecule has 1 amide bonds. The number of hydrogen-bond acceptors (Lipinski definition) is 4. The fourth-order valence-electron chi connectivity index (χ4n) is 2.70. The summed E-state index contributed by atoms with van der Waals surface area (Å²) in [5, 5.41) is 3.09. The van der Waals surface area contributed by atoms with Gasteiger partial charge in [0.1, 0.15) is 17.8 Å². The van der Waals surface area contributed by atoms with Crippen molar-refractivity contribution in [3.8, 4) is 0 Å². The van der Waals surface area contributed by atoms with Crippen molar-refractivity contribution in [3.63, 3.8) is 0 Å². The van der Waals surface area contributed by atoms with E-state index in [0.717, 1.165) is 31.7 Å². The van der Waals surface area contributed by atoms with E-state index >= 15 is 0 Å². The summed E-state index contributed by atoms with van der Waals surface area (Å²) in [6.45, 7) is 5.90. The van der Waals surface area contributed by atoms with Crippen LogP contribution in [0.15, 0.2) is 12.4 Å². The van der Waals surface area contributed by atoms with Crippen molar-refractivity contribution in [2.24, 2.45) is 0 Å². The third-order valence-corrected chi connectivity index (χ3v) is 3.91. The van der Waals surface area contributed by atoms with Crippen molar-refractivity contribution in [1.29, 1.82) is 0 Å². The molecule has 1 aromatic heterocycles. The first-order valence-electron chi connectivity index (χ1n) is 7.62. The van der Waals surface area contributed by atoms with Crippen LogP contribution in [0.5, 0.6) is 0 Å². The van der Waals surface area contributed by atoms with Crippen LogP contribution in [0.1, 0.15) is 56.4 Å². The van der Waals surface area contributed by atoms with Crippen molar-refractivity contribution in [3.05, 3.63) is 18.1 Å². The molecule has 1 aliphatic rings. The van der Waals surface area contributed by atoms with Crippen molar-refractivity contribution >= 4 is 11.7 Å². The molecule has 0 aromatic carbocycles. The predicted octanol–water partition coefficient (Wildman–Crippen LogP) is 2.39. The molecule has 5 heteroatoms. The topological polar surface area (TPSA) is 58.1 Å². The van der Waals surface area contributed by atoms with Gasteiger partial charge in [0.2, 0.25) is 0 Å². The van der Waals surface area contributed by atoms with Gasteiger partial charge in [-0.3, -0.25) is 4.79 Å². The van der Waals surface area contributed by atoms with Crippen molar-refractivity contribution < 1.29 is 4.79 Å². The maximum absolute atomic E-state index is 12.2. The highest BCUT2D eigenvalue weighted by Gasteiger charge is 2.18. The minimum atomic E-state index is -0.0762. The number of amides is 1. The highest BCUT2D eigenvalue weighted by atomic mass is 16.1. The molecule has 1 aliphatic carbocycles. The van der Waals surface area contributed by atoms with Gasteiger partial charge in [-0.2, -0.15) is 0 Å². The quantitative estimate of drug-likeness (QED) is 0.897. The van der Waals surface area contributed by atoms with Crippen LogP contribution in [0, 0.1) is 0 Å². The minimum Gasteiger partial charge on any atom is -0.357 e. The normalized spacial score (nSPS) is 15.9. The Morgan fingerprint density at radius 3 is 2.60 bits per heavy atom. The van der Waals surface area contributed by atoms with E-state index in [0.29, 0.717) is 11.7 Å².